The summed E-state index contributed by atoms with van der Waals surface area (Å²) >= 11 is 0. The summed E-state index contributed by atoms with van der Waals surface area (Å²) < 4.78 is 12.8. The zero-order valence-corrected chi connectivity index (χ0v) is 12.8. The predicted octanol–water partition coefficient (Wildman–Crippen LogP) is 2.29. The summed E-state index contributed by atoms with van der Waals surface area (Å²) in [6.45, 7) is 2.79. The molecule has 2 amide bonds. The highest BCUT2D eigenvalue weighted by molar-refractivity contribution is 5.98. The summed E-state index contributed by atoms with van der Waals surface area (Å²) in [6, 6.07) is 8.86. The molecule has 2 aromatic rings. The van der Waals surface area contributed by atoms with Crippen molar-refractivity contribution in [1.82, 2.24) is 15.6 Å². The van der Waals surface area contributed by atoms with E-state index in [1.165, 1.54) is 24.4 Å². The van der Waals surface area contributed by atoms with E-state index >= 15 is 0 Å². The van der Waals surface area contributed by atoms with Gasteiger partial charge in [-0.1, -0.05) is 19.1 Å². The zero-order valence-electron chi connectivity index (χ0n) is 12.8. The minimum absolute atomic E-state index is 0.163. The van der Waals surface area contributed by atoms with Gasteiger partial charge >= 0.3 is 0 Å². The molecule has 2 N–H and O–H groups in total. The number of nitrogens with one attached hydrogen (secondary N) is 2. The van der Waals surface area contributed by atoms with Crippen molar-refractivity contribution in [2.45, 2.75) is 19.9 Å². The molecule has 0 saturated heterocycles. The van der Waals surface area contributed by atoms with Crippen molar-refractivity contribution in [3.63, 3.8) is 0 Å². The monoisotopic (exact) mass is 315 g/mol. The molecule has 23 heavy (non-hydrogen) atoms. The molecule has 1 heterocycles. The lowest BCUT2D eigenvalue weighted by Gasteiger charge is -2.07. The average Bonchev–Trinajstić information content (AvgIpc) is 2.59. The van der Waals surface area contributed by atoms with Crippen LogP contribution in [0.1, 0.15) is 39.8 Å². The minimum Gasteiger partial charge on any atom is -0.352 e. The molecule has 0 atom stereocenters. The number of rotatable bonds is 6. The summed E-state index contributed by atoms with van der Waals surface area (Å²) in [5, 5.41) is 5.43. The Morgan fingerprint density at radius 1 is 1.09 bits per heavy atom. The molecule has 0 unspecified atom stereocenters. The molecule has 1 aromatic carbocycles. The summed E-state index contributed by atoms with van der Waals surface area (Å²) in [7, 11) is 0. The molecule has 120 valence electrons. The summed E-state index contributed by atoms with van der Waals surface area (Å²) in [5.41, 5.74) is 1.33. The molecular weight excluding hydrogens is 297 g/mol. The van der Waals surface area contributed by atoms with E-state index < -0.39 is 0 Å². The zero-order chi connectivity index (χ0) is 16.7. The molecule has 0 bridgehead atoms. The van der Waals surface area contributed by atoms with Crippen molar-refractivity contribution >= 4 is 11.8 Å². The van der Waals surface area contributed by atoms with Gasteiger partial charge in [0.25, 0.3) is 11.8 Å². The normalized spacial score (nSPS) is 10.2. The SMILES string of the molecule is CCCNC(=O)c1ccnc(C(=O)NCc2ccc(F)cc2)c1. The predicted molar refractivity (Wildman–Crippen MR) is 84.4 cm³/mol. The molecule has 2 rings (SSSR count). The van der Waals surface area contributed by atoms with Gasteiger partial charge in [0.15, 0.2) is 0 Å². The van der Waals surface area contributed by atoms with Crippen molar-refractivity contribution < 1.29 is 14.0 Å². The maximum atomic E-state index is 12.8. The Morgan fingerprint density at radius 3 is 2.52 bits per heavy atom. The fourth-order valence-electron chi connectivity index (χ4n) is 1.91. The Kier molecular flexibility index (Phi) is 5.80. The van der Waals surface area contributed by atoms with Crippen LogP contribution >= 0.6 is 0 Å². The van der Waals surface area contributed by atoms with Crippen LogP contribution in [0.3, 0.4) is 0 Å². The molecule has 0 radical (unpaired) electrons. The fraction of sp³-hybridized carbons (Fsp3) is 0.235. The Morgan fingerprint density at radius 2 is 1.83 bits per heavy atom. The van der Waals surface area contributed by atoms with Crippen molar-refractivity contribution in [3.8, 4) is 0 Å². The van der Waals surface area contributed by atoms with Crippen LogP contribution in [0.25, 0.3) is 0 Å². The van der Waals surface area contributed by atoms with Crippen LogP contribution in [0.2, 0.25) is 0 Å². The first kappa shape index (κ1) is 16.6. The third kappa shape index (κ3) is 4.88. The lowest BCUT2D eigenvalue weighted by molar-refractivity contribution is 0.0946. The van der Waals surface area contributed by atoms with Crippen LogP contribution in [-0.4, -0.2) is 23.3 Å². The Bertz CT molecular complexity index is 686. The van der Waals surface area contributed by atoms with Crippen LogP contribution in [-0.2, 0) is 6.54 Å². The number of carbonyl (C=O) groups excluding carboxylic acids is 2. The van der Waals surface area contributed by atoms with Gasteiger partial charge in [-0.3, -0.25) is 14.6 Å². The number of aromatic nitrogens is 1. The van der Waals surface area contributed by atoms with E-state index in [2.05, 4.69) is 15.6 Å². The second-order valence-electron chi connectivity index (χ2n) is 4.99. The highest BCUT2D eigenvalue weighted by atomic mass is 19.1. The van der Waals surface area contributed by atoms with Gasteiger partial charge in [-0.05, 0) is 36.2 Å². The number of hydrogen-bond acceptors (Lipinski definition) is 3. The summed E-state index contributed by atoms with van der Waals surface area (Å²) in [5.74, 6) is -0.950. The first-order valence-corrected chi connectivity index (χ1v) is 7.37. The molecule has 0 fully saturated rings. The van der Waals surface area contributed by atoms with E-state index in [-0.39, 0.29) is 29.9 Å². The minimum atomic E-state index is -0.389. The largest absolute Gasteiger partial charge is 0.352 e. The summed E-state index contributed by atoms with van der Waals surface area (Å²) in [6.07, 6.45) is 2.26. The van der Waals surface area contributed by atoms with Crippen molar-refractivity contribution in [2.75, 3.05) is 6.54 Å². The van der Waals surface area contributed by atoms with Gasteiger partial charge in [-0.2, -0.15) is 0 Å². The maximum Gasteiger partial charge on any atom is 0.270 e. The number of pyridine rings is 1. The third-order valence-electron chi connectivity index (χ3n) is 3.16. The van der Waals surface area contributed by atoms with Gasteiger partial charge in [0.05, 0.1) is 0 Å². The molecule has 0 saturated carbocycles. The van der Waals surface area contributed by atoms with Crippen LogP contribution in [0.15, 0.2) is 42.6 Å². The number of halogens is 1. The molecule has 0 aliphatic rings. The topological polar surface area (TPSA) is 71.1 Å². The number of amides is 2. The van der Waals surface area contributed by atoms with Crippen LogP contribution in [0.4, 0.5) is 4.39 Å². The highest BCUT2D eigenvalue weighted by Gasteiger charge is 2.11. The van der Waals surface area contributed by atoms with Crippen LogP contribution < -0.4 is 10.6 Å². The van der Waals surface area contributed by atoms with Gasteiger partial charge in [-0.25, -0.2) is 4.39 Å². The van der Waals surface area contributed by atoms with E-state index in [4.69, 9.17) is 0 Å². The lowest BCUT2D eigenvalue weighted by Crippen LogP contribution is -2.26. The molecule has 6 heteroatoms. The molecule has 0 spiro atoms. The number of hydrogen-bond donors (Lipinski definition) is 2. The number of benzene rings is 1. The average molecular weight is 315 g/mol. The highest BCUT2D eigenvalue weighted by Crippen LogP contribution is 2.05. The van der Waals surface area contributed by atoms with E-state index in [9.17, 15) is 14.0 Å². The third-order valence-corrected chi connectivity index (χ3v) is 3.16. The Labute approximate surface area is 133 Å². The second-order valence-corrected chi connectivity index (χ2v) is 4.99. The molecule has 5 nitrogen and oxygen atoms in total. The molecular formula is C17H18FN3O2. The number of nitrogens with zero attached hydrogens (tertiary/aromatic N) is 1. The molecule has 1 aromatic heterocycles. The van der Waals surface area contributed by atoms with Gasteiger partial charge in [0.1, 0.15) is 11.5 Å². The van der Waals surface area contributed by atoms with Crippen molar-refractivity contribution in [1.29, 1.82) is 0 Å². The quantitative estimate of drug-likeness (QED) is 0.859. The van der Waals surface area contributed by atoms with Gasteiger partial charge in [-0.15, -0.1) is 0 Å². The fourth-order valence-corrected chi connectivity index (χ4v) is 1.91. The van der Waals surface area contributed by atoms with E-state index in [1.54, 1.807) is 18.2 Å². The van der Waals surface area contributed by atoms with E-state index in [0.717, 1.165) is 12.0 Å². The molecule has 0 aliphatic heterocycles. The lowest BCUT2D eigenvalue weighted by atomic mass is 10.2. The van der Waals surface area contributed by atoms with E-state index in [1.807, 2.05) is 6.92 Å². The first-order valence-electron chi connectivity index (χ1n) is 7.37. The van der Waals surface area contributed by atoms with Gasteiger partial charge in [0, 0.05) is 24.8 Å². The van der Waals surface area contributed by atoms with Crippen LogP contribution in [0.5, 0.6) is 0 Å². The van der Waals surface area contributed by atoms with Crippen molar-refractivity contribution in [2.24, 2.45) is 0 Å². The molecule has 0 aliphatic carbocycles. The van der Waals surface area contributed by atoms with Gasteiger partial charge in [0.2, 0.25) is 0 Å². The number of carbonyl (C=O) groups is 2. The maximum absolute atomic E-state index is 12.8. The standard InChI is InChI=1S/C17H18FN3O2/c1-2-8-20-16(22)13-7-9-19-15(10-13)17(23)21-11-12-3-5-14(18)6-4-12/h3-7,9-10H,2,8,11H2,1H3,(H,20,22)(H,21,23). The Hall–Kier alpha value is -2.76. The second kappa shape index (κ2) is 8.03. The van der Waals surface area contributed by atoms with Crippen LogP contribution in [0, 0.1) is 5.82 Å². The van der Waals surface area contributed by atoms with E-state index in [0.29, 0.717) is 12.1 Å². The first-order chi connectivity index (χ1) is 11.1. The van der Waals surface area contributed by atoms with Crippen molar-refractivity contribution in [3.05, 3.63) is 65.2 Å². The Balaban J connectivity index is 1.99. The summed E-state index contributed by atoms with van der Waals surface area (Å²) in [4.78, 5) is 28.0. The smallest absolute Gasteiger partial charge is 0.270 e. The van der Waals surface area contributed by atoms with Gasteiger partial charge < -0.3 is 10.6 Å².